The van der Waals surface area contributed by atoms with Crippen molar-refractivity contribution in [2.24, 2.45) is 0 Å². The van der Waals surface area contributed by atoms with Crippen LogP contribution in [-0.2, 0) is 0 Å². The van der Waals surface area contributed by atoms with Crippen LogP contribution >= 0.6 is 0 Å². The van der Waals surface area contributed by atoms with E-state index in [1.807, 2.05) is 46.8 Å². The summed E-state index contributed by atoms with van der Waals surface area (Å²) in [4.78, 5) is 19.4. The second kappa shape index (κ2) is 5.53. The fraction of sp³-hybridized carbons (Fsp3) is 0.353. The maximum Gasteiger partial charge on any atom is 0.274 e. The molecule has 1 atom stereocenters. The number of nitrogens with one attached hydrogen (secondary N) is 1. The van der Waals surface area contributed by atoms with Gasteiger partial charge < -0.3 is 9.30 Å². The van der Waals surface area contributed by atoms with Crippen LogP contribution in [0.3, 0.4) is 0 Å². The van der Waals surface area contributed by atoms with E-state index < -0.39 is 0 Å². The number of likely N-dealkylation sites (tertiary alicyclic amines) is 1. The Hall–Kier alpha value is -2.63. The molecule has 0 spiro atoms. The Morgan fingerprint density at radius 1 is 1.26 bits per heavy atom. The number of H-pyrrole nitrogens is 1. The minimum atomic E-state index is -0.00865. The summed E-state index contributed by atoms with van der Waals surface area (Å²) in [6.45, 7) is 2.79. The third-order valence-electron chi connectivity index (χ3n) is 4.46. The largest absolute Gasteiger partial charge is 0.329 e. The average Bonchev–Trinajstić information content (AvgIpc) is 3.23. The van der Waals surface area contributed by atoms with Crippen molar-refractivity contribution in [2.45, 2.75) is 32.2 Å². The van der Waals surface area contributed by atoms with Crippen LogP contribution in [0.1, 0.15) is 47.1 Å². The Labute approximate surface area is 134 Å². The summed E-state index contributed by atoms with van der Waals surface area (Å²) in [6.07, 6.45) is 8.66. The smallest absolute Gasteiger partial charge is 0.274 e. The molecule has 0 aromatic carbocycles. The van der Waals surface area contributed by atoms with E-state index in [9.17, 15) is 4.79 Å². The van der Waals surface area contributed by atoms with Crippen molar-refractivity contribution in [3.05, 3.63) is 53.7 Å². The van der Waals surface area contributed by atoms with Crippen LogP contribution in [0, 0.1) is 6.92 Å². The standard InChI is InChI=1S/C17H19N5O/c1-12-5-6-16-19-14(11-21(16)10-12)17(23)22-9-3-2-4-15(22)13-7-8-18-20-13/h5-8,10-11,15H,2-4,9H2,1H3,(H,18,20)/t15-/m1/s1. The van der Waals surface area contributed by atoms with Gasteiger partial charge in [-0.05, 0) is 43.9 Å². The molecule has 4 heterocycles. The third kappa shape index (κ3) is 2.50. The first-order chi connectivity index (χ1) is 11.2. The van der Waals surface area contributed by atoms with Crippen molar-refractivity contribution in [2.75, 3.05) is 6.54 Å². The highest BCUT2D eigenvalue weighted by atomic mass is 16.2. The lowest BCUT2D eigenvalue weighted by Crippen LogP contribution is -2.38. The zero-order valence-corrected chi connectivity index (χ0v) is 13.1. The van der Waals surface area contributed by atoms with Crippen molar-refractivity contribution >= 4 is 11.6 Å². The van der Waals surface area contributed by atoms with Gasteiger partial charge in [-0.3, -0.25) is 9.89 Å². The lowest BCUT2D eigenvalue weighted by molar-refractivity contribution is 0.0600. The van der Waals surface area contributed by atoms with Gasteiger partial charge >= 0.3 is 0 Å². The minimum absolute atomic E-state index is 0.00865. The number of hydrogen-bond donors (Lipinski definition) is 1. The van der Waals surface area contributed by atoms with Gasteiger partial charge in [-0.25, -0.2) is 4.98 Å². The van der Waals surface area contributed by atoms with Gasteiger partial charge in [0, 0.05) is 25.1 Å². The van der Waals surface area contributed by atoms with Gasteiger partial charge in [0.15, 0.2) is 0 Å². The first-order valence-corrected chi connectivity index (χ1v) is 7.98. The number of carbonyl (C=O) groups excluding carboxylic acids is 1. The second-order valence-electron chi connectivity index (χ2n) is 6.12. The molecule has 3 aromatic heterocycles. The number of rotatable bonds is 2. The molecule has 118 valence electrons. The molecule has 1 aliphatic heterocycles. The fourth-order valence-corrected chi connectivity index (χ4v) is 3.30. The number of aromatic amines is 1. The topological polar surface area (TPSA) is 66.3 Å². The Morgan fingerprint density at radius 3 is 3.00 bits per heavy atom. The molecule has 1 aliphatic rings. The number of hydrogen-bond acceptors (Lipinski definition) is 3. The molecule has 1 saturated heterocycles. The van der Waals surface area contributed by atoms with E-state index in [-0.39, 0.29) is 11.9 Å². The van der Waals surface area contributed by atoms with Crippen LogP contribution < -0.4 is 0 Å². The van der Waals surface area contributed by atoms with Gasteiger partial charge in [0.05, 0.1) is 11.7 Å². The molecule has 0 saturated carbocycles. The van der Waals surface area contributed by atoms with Gasteiger partial charge in [0.1, 0.15) is 11.3 Å². The van der Waals surface area contributed by atoms with E-state index in [1.165, 1.54) is 0 Å². The van der Waals surface area contributed by atoms with Crippen molar-refractivity contribution in [1.29, 1.82) is 0 Å². The highest BCUT2D eigenvalue weighted by molar-refractivity contribution is 5.93. The Bertz CT molecular complexity index is 836. The number of pyridine rings is 1. The Morgan fingerprint density at radius 2 is 2.17 bits per heavy atom. The zero-order valence-electron chi connectivity index (χ0n) is 13.1. The number of aryl methyl sites for hydroxylation is 1. The van der Waals surface area contributed by atoms with Crippen LogP contribution in [0.5, 0.6) is 0 Å². The number of imidazole rings is 1. The average molecular weight is 309 g/mol. The fourth-order valence-electron chi connectivity index (χ4n) is 3.30. The van der Waals surface area contributed by atoms with Crippen molar-refractivity contribution in [3.8, 4) is 0 Å². The third-order valence-corrected chi connectivity index (χ3v) is 4.46. The van der Waals surface area contributed by atoms with E-state index in [4.69, 9.17) is 0 Å². The molecule has 1 fully saturated rings. The minimum Gasteiger partial charge on any atom is -0.329 e. The molecule has 6 heteroatoms. The number of nitrogens with zero attached hydrogens (tertiary/aromatic N) is 4. The van der Waals surface area contributed by atoms with Crippen LogP contribution in [-0.4, -0.2) is 36.9 Å². The van der Waals surface area contributed by atoms with Gasteiger partial charge in [-0.2, -0.15) is 5.10 Å². The summed E-state index contributed by atoms with van der Waals surface area (Å²) in [5.41, 5.74) is 3.44. The van der Waals surface area contributed by atoms with E-state index in [1.54, 1.807) is 6.20 Å². The molecule has 6 nitrogen and oxygen atoms in total. The monoisotopic (exact) mass is 309 g/mol. The van der Waals surface area contributed by atoms with Gasteiger partial charge in [0.25, 0.3) is 5.91 Å². The number of amides is 1. The molecule has 0 aliphatic carbocycles. The highest BCUT2D eigenvalue weighted by Crippen LogP contribution is 2.30. The summed E-state index contributed by atoms with van der Waals surface area (Å²) in [5.74, 6) is -0.00865. The second-order valence-corrected chi connectivity index (χ2v) is 6.12. The predicted octanol–water partition coefficient (Wildman–Crippen LogP) is 2.73. The van der Waals surface area contributed by atoms with E-state index in [0.717, 1.165) is 42.7 Å². The molecule has 0 unspecified atom stereocenters. The normalized spacial score (nSPS) is 18.5. The molecule has 0 radical (unpaired) electrons. The van der Waals surface area contributed by atoms with Crippen LogP contribution in [0.4, 0.5) is 0 Å². The van der Waals surface area contributed by atoms with E-state index in [0.29, 0.717) is 5.69 Å². The maximum absolute atomic E-state index is 13.0. The van der Waals surface area contributed by atoms with E-state index >= 15 is 0 Å². The highest BCUT2D eigenvalue weighted by Gasteiger charge is 2.30. The number of fused-ring (bicyclic) bond motifs is 1. The van der Waals surface area contributed by atoms with Gasteiger partial charge in [-0.15, -0.1) is 0 Å². The van der Waals surface area contributed by atoms with Crippen LogP contribution in [0.15, 0.2) is 36.8 Å². The molecule has 0 bridgehead atoms. The van der Waals surface area contributed by atoms with E-state index in [2.05, 4.69) is 15.2 Å². The lowest BCUT2D eigenvalue weighted by atomic mass is 9.99. The number of carbonyl (C=O) groups is 1. The Balaban J connectivity index is 1.67. The summed E-state index contributed by atoms with van der Waals surface area (Å²) < 4.78 is 1.91. The van der Waals surface area contributed by atoms with Gasteiger partial charge in [0.2, 0.25) is 0 Å². The first kappa shape index (κ1) is 14.0. The first-order valence-electron chi connectivity index (χ1n) is 7.98. The molecular weight excluding hydrogens is 290 g/mol. The van der Waals surface area contributed by atoms with Crippen molar-refractivity contribution in [3.63, 3.8) is 0 Å². The van der Waals surface area contributed by atoms with Gasteiger partial charge in [-0.1, -0.05) is 6.07 Å². The summed E-state index contributed by atoms with van der Waals surface area (Å²) in [5, 5.41) is 7.03. The lowest BCUT2D eigenvalue weighted by Gasteiger charge is -2.34. The number of aromatic nitrogens is 4. The summed E-state index contributed by atoms with van der Waals surface area (Å²) in [7, 11) is 0. The molecule has 23 heavy (non-hydrogen) atoms. The molecule has 3 aromatic rings. The molecular formula is C17H19N5O. The van der Waals surface area contributed by atoms with Crippen molar-refractivity contribution in [1.82, 2.24) is 24.5 Å². The number of piperidine rings is 1. The summed E-state index contributed by atoms with van der Waals surface area (Å²) >= 11 is 0. The maximum atomic E-state index is 13.0. The SMILES string of the molecule is Cc1ccc2nc(C(=O)N3CCCC[C@@H]3c3ccn[nH]3)cn2c1. The van der Waals surface area contributed by atoms with Crippen LogP contribution in [0.25, 0.3) is 5.65 Å². The van der Waals surface area contributed by atoms with Crippen LogP contribution in [0.2, 0.25) is 0 Å². The quantitative estimate of drug-likeness (QED) is 0.791. The predicted molar refractivity (Wildman–Crippen MR) is 86.1 cm³/mol. The van der Waals surface area contributed by atoms with Crippen molar-refractivity contribution < 1.29 is 4.79 Å². The Kier molecular flexibility index (Phi) is 3.37. The molecule has 4 rings (SSSR count). The summed E-state index contributed by atoms with van der Waals surface area (Å²) in [6, 6.07) is 5.95. The zero-order chi connectivity index (χ0) is 15.8. The molecule has 1 N–H and O–H groups in total. The molecule has 1 amide bonds.